The van der Waals surface area contributed by atoms with Crippen molar-refractivity contribution >= 4 is 23.1 Å². The maximum absolute atomic E-state index is 13.1. The Bertz CT molecular complexity index is 329. The molecule has 0 spiro atoms. The molecule has 0 amide bonds. The van der Waals surface area contributed by atoms with Gasteiger partial charge in [-0.25, -0.2) is 4.39 Å². The molecular formula is C9H8FNS. The van der Waals surface area contributed by atoms with Crippen molar-refractivity contribution in [1.29, 1.82) is 0 Å². The van der Waals surface area contributed by atoms with Crippen molar-refractivity contribution in [3.05, 3.63) is 29.6 Å². The largest absolute Gasteiger partial charge is 0.207 e. The molecule has 12 heavy (non-hydrogen) atoms. The molecule has 62 valence electrons. The number of halogens is 1. The van der Waals surface area contributed by atoms with Crippen molar-refractivity contribution in [1.82, 2.24) is 0 Å². The standard InChI is InChI=1S/C9H8FNS/c1-2-7-8(10)4-3-5-9(7)11-6-12/h3-5H,2H2,1H3. The van der Waals surface area contributed by atoms with Crippen LogP contribution in [0.3, 0.4) is 0 Å². The number of hydrogen-bond donors (Lipinski definition) is 0. The predicted octanol–water partition coefficient (Wildman–Crippen LogP) is 3.12. The Labute approximate surface area is 75.9 Å². The Morgan fingerprint density at radius 2 is 2.33 bits per heavy atom. The van der Waals surface area contributed by atoms with Crippen LogP contribution in [0.4, 0.5) is 10.1 Å². The van der Waals surface area contributed by atoms with Crippen LogP contribution >= 0.6 is 12.2 Å². The number of rotatable bonds is 2. The molecule has 1 rings (SSSR count). The van der Waals surface area contributed by atoms with Crippen molar-refractivity contribution in [2.24, 2.45) is 4.99 Å². The average Bonchev–Trinajstić information content (AvgIpc) is 2.05. The minimum atomic E-state index is -0.232. The van der Waals surface area contributed by atoms with Gasteiger partial charge in [0.2, 0.25) is 0 Å². The molecule has 0 radical (unpaired) electrons. The quantitative estimate of drug-likeness (QED) is 0.504. The Balaban J connectivity index is 3.26. The summed E-state index contributed by atoms with van der Waals surface area (Å²) in [5, 5.41) is 2.23. The van der Waals surface area contributed by atoms with Gasteiger partial charge in [-0.15, -0.1) is 0 Å². The monoisotopic (exact) mass is 181 g/mol. The van der Waals surface area contributed by atoms with Crippen LogP contribution in [0.2, 0.25) is 0 Å². The van der Waals surface area contributed by atoms with Crippen LogP contribution < -0.4 is 0 Å². The molecule has 0 saturated heterocycles. The summed E-state index contributed by atoms with van der Waals surface area (Å²) in [5.41, 5.74) is 1.17. The maximum Gasteiger partial charge on any atom is 0.128 e. The molecule has 0 heterocycles. The SMILES string of the molecule is CCc1c(F)cccc1N=C=S. The van der Waals surface area contributed by atoms with E-state index in [0.717, 1.165) is 0 Å². The van der Waals surface area contributed by atoms with Crippen LogP contribution in [0.1, 0.15) is 12.5 Å². The van der Waals surface area contributed by atoms with Gasteiger partial charge in [0.05, 0.1) is 10.8 Å². The van der Waals surface area contributed by atoms with Gasteiger partial charge in [-0.3, -0.25) is 0 Å². The molecule has 0 saturated carbocycles. The predicted molar refractivity (Wildman–Crippen MR) is 50.5 cm³/mol. The van der Waals surface area contributed by atoms with Crippen LogP contribution in [0.15, 0.2) is 23.2 Å². The third kappa shape index (κ3) is 1.76. The topological polar surface area (TPSA) is 12.4 Å². The van der Waals surface area contributed by atoms with Crippen molar-refractivity contribution in [2.45, 2.75) is 13.3 Å². The molecule has 0 aliphatic heterocycles. The molecular weight excluding hydrogens is 173 g/mol. The van der Waals surface area contributed by atoms with E-state index in [0.29, 0.717) is 17.7 Å². The summed E-state index contributed by atoms with van der Waals surface area (Å²) in [7, 11) is 0. The van der Waals surface area contributed by atoms with Gasteiger partial charge in [0.15, 0.2) is 0 Å². The van der Waals surface area contributed by atoms with Gasteiger partial charge in [0, 0.05) is 5.56 Å². The fourth-order valence-corrected chi connectivity index (χ4v) is 1.15. The van der Waals surface area contributed by atoms with Gasteiger partial charge in [0.25, 0.3) is 0 Å². The summed E-state index contributed by atoms with van der Waals surface area (Å²) in [6, 6.07) is 4.75. The van der Waals surface area contributed by atoms with Crippen LogP contribution in [0.5, 0.6) is 0 Å². The number of nitrogens with zero attached hydrogens (tertiary/aromatic N) is 1. The first kappa shape index (κ1) is 9.04. The number of thiocarbonyl (C=S) groups is 1. The second-order valence-electron chi connectivity index (χ2n) is 2.29. The summed E-state index contributed by atoms with van der Waals surface area (Å²) in [4.78, 5) is 3.76. The lowest BCUT2D eigenvalue weighted by Gasteiger charge is -2.01. The third-order valence-electron chi connectivity index (χ3n) is 1.61. The van der Waals surface area contributed by atoms with Gasteiger partial charge in [-0.05, 0) is 30.8 Å². The molecule has 0 N–H and O–H groups in total. The van der Waals surface area contributed by atoms with E-state index in [1.54, 1.807) is 12.1 Å². The molecule has 0 bridgehead atoms. The molecule has 0 aromatic heterocycles. The van der Waals surface area contributed by atoms with Crippen LogP contribution in [-0.4, -0.2) is 5.16 Å². The van der Waals surface area contributed by atoms with Crippen molar-refractivity contribution < 1.29 is 4.39 Å². The molecule has 0 atom stereocenters. The molecule has 3 heteroatoms. The Morgan fingerprint density at radius 3 is 2.92 bits per heavy atom. The summed E-state index contributed by atoms with van der Waals surface area (Å²) >= 11 is 4.45. The van der Waals surface area contributed by atoms with Crippen molar-refractivity contribution in [3.63, 3.8) is 0 Å². The minimum absolute atomic E-state index is 0.232. The van der Waals surface area contributed by atoms with Gasteiger partial charge in [-0.2, -0.15) is 4.99 Å². The van der Waals surface area contributed by atoms with Gasteiger partial charge in [0.1, 0.15) is 5.82 Å². The highest BCUT2D eigenvalue weighted by Gasteiger charge is 2.03. The highest BCUT2D eigenvalue weighted by Crippen LogP contribution is 2.21. The first-order chi connectivity index (χ1) is 5.79. The highest BCUT2D eigenvalue weighted by atomic mass is 32.1. The van der Waals surface area contributed by atoms with E-state index in [1.807, 2.05) is 6.92 Å². The second kappa shape index (κ2) is 4.10. The summed E-state index contributed by atoms with van der Waals surface area (Å²) < 4.78 is 13.1. The zero-order valence-electron chi connectivity index (χ0n) is 6.67. The van der Waals surface area contributed by atoms with E-state index in [2.05, 4.69) is 22.4 Å². The molecule has 0 aliphatic carbocycles. The molecule has 0 aliphatic rings. The average molecular weight is 181 g/mol. The van der Waals surface area contributed by atoms with Crippen molar-refractivity contribution in [2.75, 3.05) is 0 Å². The van der Waals surface area contributed by atoms with E-state index in [1.165, 1.54) is 6.07 Å². The van der Waals surface area contributed by atoms with Crippen LogP contribution in [0.25, 0.3) is 0 Å². The van der Waals surface area contributed by atoms with Crippen LogP contribution in [-0.2, 0) is 6.42 Å². The normalized spacial score (nSPS) is 9.17. The van der Waals surface area contributed by atoms with E-state index in [-0.39, 0.29) is 5.82 Å². The molecule has 0 fully saturated rings. The lowest BCUT2D eigenvalue weighted by molar-refractivity contribution is 0.613. The highest BCUT2D eigenvalue weighted by molar-refractivity contribution is 7.78. The molecule has 1 aromatic carbocycles. The second-order valence-corrected chi connectivity index (χ2v) is 2.48. The van der Waals surface area contributed by atoms with Gasteiger partial charge in [-0.1, -0.05) is 13.0 Å². The third-order valence-corrected chi connectivity index (χ3v) is 1.71. The number of benzene rings is 1. The number of aliphatic imine (C=N–C) groups is 1. The van der Waals surface area contributed by atoms with E-state index in [9.17, 15) is 4.39 Å². The minimum Gasteiger partial charge on any atom is -0.207 e. The summed E-state index contributed by atoms with van der Waals surface area (Å²) in [6.07, 6.45) is 0.614. The maximum atomic E-state index is 13.1. The smallest absolute Gasteiger partial charge is 0.128 e. The Kier molecular flexibility index (Phi) is 3.09. The van der Waals surface area contributed by atoms with Crippen LogP contribution in [0, 0.1) is 5.82 Å². The number of hydrogen-bond acceptors (Lipinski definition) is 2. The first-order valence-electron chi connectivity index (χ1n) is 3.64. The van der Waals surface area contributed by atoms with Crippen molar-refractivity contribution in [3.8, 4) is 0 Å². The molecule has 0 unspecified atom stereocenters. The van der Waals surface area contributed by atoms with Gasteiger partial charge >= 0.3 is 0 Å². The lowest BCUT2D eigenvalue weighted by Crippen LogP contribution is -1.86. The molecule has 1 aromatic rings. The van der Waals surface area contributed by atoms with E-state index >= 15 is 0 Å². The summed E-state index contributed by atoms with van der Waals surface area (Å²) in [5.74, 6) is -0.232. The van der Waals surface area contributed by atoms with E-state index in [4.69, 9.17) is 0 Å². The zero-order valence-corrected chi connectivity index (χ0v) is 7.49. The van der Waals surface area contributed by atoms with Gasteiger partial charge < -0.3 is 0 Å². The Morgan fingerprint density at radius 1 is 1.58 bits per heavy atom. The van der Waals surface area contributed by atoms with E-state index < -0.39 is 0 Å². The fourth-order valence-electron chi connectivity index (χ4n) is 1.05. The zero-order chi connectivity index (χ0) is 8.97. The Hall–Kier alpha value is -1.05. The molecule has 1 nitrogen and oxygen atoms in total. The first-order valence-corrected chi connectivity index (χ1v) is 4.05. The summed E-state index contributed by atoms with van der Waals surface area (Å²) in [6.45, 7) is 1.88. The lowest BCUT2D eigenvalue weighted by atomic mass is 10.1. The number of isothiocyanates is 1. The fraction of sp³-hybridized carbons (Fsp3) is 0.222.